The number of nitrogen functional groups attached to an aromatic ring is 1. The van der Waals surface area contributed by atoms with E-state index in [2.05, 4.69) is 35.0 Å². The summed E-state index contributed by atoms with van der Waals surface area (Å²) in [6.45, 7) is 2.91. The Kier molecular flexibility index (Phi) is 8.35. The molecule has 1 aliphatic rings. The summed E-state index contributed by atoms with van der Waals surface area (Å²) in [7, 11) is 4.26. The molecule has 2 aromatic carbocycles. The number of rotatable bonds is 8. The predicted molar refractivity (Wildman–Crippen MR) is 159 cm³/mol. The van der Waals surface area contributed by atoms with Crippen LogP contribution in [-0.2, 0) is 6.54 Å². The highest BCUT2D eigenvalue weighted by molar-refractivity contribution is 7.21. The molecule has 0 saturated heterocycles. The molecule has 1 aliphatic carbocycles. The van der Waals surface area contributed by atoms with Crippen LogP contribution in [0.3, 0.4) is 0 Å². The van der Waals surface area contributed by atoms with Gasteiger partial charge in [0.15, 0.2) is 0 Å². The van der Waals surface area contributed by atoms with Crippen LogP contribution in [0.15, 0.2) is 54.9 Å². The fourth-order valence-electron chi connectivity index (χ4n) is 5.38. The minimum atomic E-state index is -0.0295. The first kappa shape index (κ1) is 27.4. The molecule has 2 aromatic heterocycles. The fraction of sp³-hybridized carbons (Fsp3) is 0.367. The van der Waals surface area contributed by atoms with Gasteiger partial charge in [-0.15, -0.1) is 11.3 Å². The molecule has 4 aromatic rings. The highest BCUT2D eigenvalue weighted by Crippen LogP contribution is 2.38. The van der Waals surface area contributed by atoms with Crippen molar-refractivity contribution in [2.45, 2.75) is 51.2 Å². The summed E-state index contributed by atoms with van der Waals surface area (Å²) >= 11 is 8.27. The number of hydrogen-bond acceptors (Lipinski definition) is 7. The summed E-state index contributed by atoms with van der Waals surface area (Å²) in [6.07, 6.45) is 7.39. The van der Waals surface area contributed by atoms with Gasteiger partial charge in [0.2, 0.25) is 5.95 Å². The van der Waals surface area contributed by atoms with Crippen molar-refractivity contribution in [3.8, 4) is 16.9 Å². The number of carbonyl (C=O) groups excluding carboxylic acids is 1. The normalized spacial score (nSPS) is 17.5. The van der Waals surface area contributed by atoms with Crippen LogP contribution in [0.5, 0.6) is 5.75 Å². The topological polar surface area (TPSA) is 84.6 Å². The van der Waals surface area contributed by atoms with Crippen LogP contribution in [0.2, 0.25) is 5.02 Å². The first-order chi connectivity index (χ1) is 18.9. The van der Waals surface area contributed by atoms with E-state index in [9.17, 15) is 4.79 Å². The number of aromatic nitrogens is 2. The molecule has 204 valence electrons. The molecule has 9 heteroatoms. The highest BCUT2D eigenvalue weighted by Gasteiger charge is 2.33. The highest BCUT2D eigenvalue weighted by atomic mass is 35.5. The Morgan fingerprint density at radius 1 is 1.05 bits per heavy atom. The lowest BCUT2D eigenvalue weighted by atomic mass is 9.89. The number of hydrogen-bond donors (Lipinski definition) is 1. The van der Waals surface area contributed by atoms with E-state index in [0.717, 1.165) is 58.2 Å². The lowest BCUT2D eigenvalue weighted by Crippen LogP contribution is -2.44. The van der Waals surface area contributed by atoms with Gasteiger partial charge < -0.3 is 20.3 Å². The lowest BCUT2D eigenvalue weighted by Gasteiger charge is -2.39. The molecule has 7 nitrogen and oxygen atoms in total. The minimum absolute atomic E-state index is 0.0295. The van der Waals surface area contributed by atoms with E-state index in [0.29, 0.717) is 29.1 Å². The van der Waals surface area contributed by atoms with Crippen LogP contribution in [0.1, 0.15) is 47.8 Å². The van der Waals surface area contributed by atoms with Crippen molar-refractivity contribution >= 4 is 44.9 Å². The van der Waals surface area contributed by atoms with Crippen molar-refractivity contribution in [2.75, 3.05) is 26.4 Å². The number of amides is 1. The summed E-state index contributed by atoms with van der Waals surface area (Å²) in [5.74, 6) is 0.966. The molecule has 0 spiro atoms. The van der Waals surface area contributed by atoms with Crippen molar-refractivity contribution in [1.82, 2.24) is 19.8 Å². The minimum Gasteiger partial charge on any atom is -0.494 e. The Hall–Kier alpha value is -3.20. The standard InChI is InChI=1S/C30H34ClN5O2S/c1-4-38-25-14-9-19(21-16-33-30(32)34-17-21)15-20(25)18-36(23-12-10-22(11-13-23)35(2)3)29(37)28-27(31)24-7-5-6-8-26(24)39-28/h5-9,14-17,22-23H,4,10-13,18H2,1-3H3,(H2,32,33,34)/t22-,23-. The van der Waals surface area contributed by atoms with E-state index in [4.69, 9.17) is 22.1 Å². The number of carbonyl (C=O) groups is 1. The summed E-state index contributed by atoms with van der Waals surface area (Å²) in [6, 6.07) is 14.6. The van der Waals surface area contributed by atoms with E-state index < -0.39 is 0 Å². The predicted octanol–water partition coefficient (Wildman–Crippen LogP) is 6.51. The van der Waals surface area contributed by atoms with Crippen LogP contribution < -0.4 is 10.5 Å². The van der Waals surface area contributed by atoms with Crippen LogP contribution >= 0.6 is 22.9 Å². The second-order valence-corrected chi connectivity index (χ2v) is 11.6. The van der Waals surface area contributed by atoms with Gasteiger partial charge in [-0.25, -0.2) is 9.97 Å². The van der Waals surface area contributed by atoms with Crippen LogP contribution in [0.4, 0.5) is 5.95 Å². The third kappa shape index (κ3) is 5.88. The van der Waals surface area contributed by atoms with Gasteiger partial charge in [-0.05, 0) is 70.5 Å². The molecule has 2 heterocycles. The zero-order valence-electron chi connectivity index (χ0n) is 22.6. The molecule has 0 atom stereocenters. The molecule has 0 aliphatic heterocycles. The van der Waals surface area contributed by atoms with E-state index in [1.165, 1.54) is 11.3 Å². The van der Waals surface area contributed by atoms with Gasteiger partial charge in [0, 0.05) is 52.2 Å². The maximum atomic E-state index is 14.3. The van der Waals surface area contributed by atoms with E-state index in [-0.39, 0.29) is 17.9 Å². The fourth-order valence-corrected chi connectivity index (χ4v) is 6.85. The van der Waals surface area contributed by atoms with Crippen molar-refractivity contribution in [1.29, 1.82) is 0 Å². The molecule has 1 fully saturated rings. The Labute approximate surface area is 238 Å². The number of thiophene rings is 1. The van der Waals surface area contributed by atoms with Crippen molar-refractivity contribution in [3.63, 3.8) is 0 Å². The van der Waals surface area contributed by atoms with E-state index >= 15 is 0 Å². The second-order valence-electron chi connectivity index (χ2n) is 10.2. The van der Waals surface area contributed by atoms with Gasteiger partial charge in [0.05, 0.1) is 11.6 Å². The van der Waals surface area contributed by atoms with Crippen molar-refractivity contribution in [2.24, 2.45) is 0 Å². The first-order valence-electron chi connectivity index (χ1n) is 13.3. The first-order valence-corrected chi connectivity index (χ1v) is 14.5. The van der Waals surface area contributed by atoms with Gasteiger partial charge in [0.25, 0.3) is 5.91 Å². The number of nitrogens with two attached hydrogens (primary N) is 1. The summed E-state index contributed by atoms with van der Waals surface area (Å²) in [5.41, 5.74) is 8.44. The van der Waals surface area contributed by atoms with Crippen molar-refractivity contribution < 1.29 is 9.53 Å². The largest absolute Gasteiger partial charge is 0.494 e. The molecule has 0 bridgehead atoms. The molecule has 0 unspecified atom stereocenters. The smallest absolute Gasteiger partial charge is 0.266 e. The molecule has 39 heavy (non-hydrogen) atoms. The summed E-state index contributed by atoms with van der Waals surface area (Å²) in [4.78, 5) is 27.5. The van der Waals surface area contributed by atoms with Gasteiger partial charge in [-0.1, -0.05) is 35.9 Å². The summed E-state index contributed by atoms with van der Waals surface area (Å²) < 4.78 is 7.04. The monoisotopic (exact) mass is 563 g/mol. The molecular formula is C30H34ClN5O2S. The zero-order valence-corrected chi connectivity index (χ0v) is 24.1. The number of fused-ring (bicyclic) bond motifs is 1. The quantitative estimate of drug-likeness (QED) is 0.263. The van der Waals surface area contributed by atoms with E-state index in [1.807, 2.05) is 48.2 Å². The number of nitrogens with zero attached hydrogens (tertiary/aromatic N) is 4. The number of anilines is 1. The number of benzene rings is 2. The third-order valence-corrected chi connectivity index (χ3v) is 9.20. The Morgan fingerprint density at radius 3 is 2.41 bits per heavy atom. The van der Waals surface area contributed by atoms with Gasteiger partial charge in [-0.3, -0.25) is 4.79 Å². The average Bonchev–Trinajstić information content (AvgIpc) is 3.29. The van der Waals surface area contributed by atoms with Gasteiger partial charge in [-0.2, -0.15) is 0 Å². The maximum Gasteiger partial charge on any atom is 0.266 e. The van der Waals surface area contributed by atoms with Crippen molar-refractivity contribution in [3.05, 3.63) is 70.3 Å². The van der Waals surface area contributed by atoms with Crippen LogP contribution in [-0.4, -0.2) is 58.5 Å². The third-order valence-electron chi connectivity index (χ3n) is 7.53. The Balaban J connectivity index is 1.53. The Bertz CT molecular complexity index is 1450. The molecule has 1 amide bonds. The Morgan fingerprint density at radius 2 is 1.74 bits per heavy atom. The number of halogens is 1. The maximum absolute atomic E-state index is 14.3. The molecule has 5 rings (SSSR count). The summed E-state index contributed by atoms with van der Waals surface area (Å²) in [5, 5.41) is 1.45. The number of ether oxygens (including phenoxy) is 1. The molecule has 0 radical (unpaired) electrons. The SMILES string of the molecule is CCOc1ccc(-c2cnc(N)nc2)cc1CN(C(=O)c1sc2ccccc2c1Cl)[C@H]1CC[C@H](N(C)C)CC1. The molecule has 2 N–H and O–H groups in total. The lowest BCUT2D eigenvalue weighted by molar-refractivity contribution is 0.0572. The van der Waals surface area contributed by atoms with Crippen LogP contribution in [0.25, 0.3) is 21.2 Å². The van der Waals surface area contributed by atoms with E-state index in [1.54, 1.807) is 12.4 Å². The molecule has 1 saturated carbocycles. The second kappa shape index (κ2) is 11.9. The zero-order chi connectivity index (χ0) is 27.5. The van der Waals surface area contributed by atoms with Gasteiger partial charge >= 0.3 is 0 Å². The molecular weight excluding hydrogens is 530 g/mol. The average molecular weight is 564 g/mol. The van der Waals surface area contributed by atoms with Crippen LogP contribution in [0, 0.1) is 0 Å². The van der Waals surface area contributed by atoms with Gasteiger partial charge in [0.1, 0.15) is 10.6 Å².